The van der Waals surface area contributed by atoms with Crippen molar-refractivity contribution in [3.63, 3.8) is 0 Å². The van der Waals surface area contributed by atoms with E-state index in [0.29, 0.717) is 42.9 Å². The molecule has 156 valence electrons. The summed E-state index contributed by atoms with van der Waals surface area (Å²) in [4.78, 5) is 43.2. The second kappa shape index (κ2) is 7.87. The Morgan fingerprint density at radius 1 is 1.07 bits per heavy atom. The zero-order valence-corrected chi connectivity index (χ0v) is 17.5. The first-order chi connectivity index (χ1) is 14.3. The number of H-pyrrole nitrogens is 1. The van der Waals surface area contributed by atoms with E-state index in [1.54, 1.807) is 30.1 Å². The molecule has 2 N–H and O–H groups in total. The van der Waals surface area contributed by atoms with Crippen LogP contribution >= 0.6 is 11.6 Å². The molecule has 30 heavy (non-hydrogen) atoms. The summed E-state index contributed by atoms with van der Waals surface area (Å²) in [5.74, 6) is -1.25. The number of anilines is 2. The molecule has 0 spiro atoms. The first-order valence-corrected chi connectivity index (χ1v) is 10.0. The lowest BCUT2D eigenvalue weighted by atomic mass is 10.2. The van der Waals surface area contributed by atoms with Crippen molar-refractivity contribution < 1.29 is 9.59 Å². The third-order valence-corrected chi connectivity index (χ3v) is 5.86. The smallest absolute Gasteiger partial charge is 0.326 e. The summed E-state index contributed by atoms with van der Waals surface area (Å²) in [5, 5.41) is 3.36. The second-order valence-electron chi connectivity index (χ2n) is 7.39. The summed E-state index contributed by atoms with van der Waals surface area (Å²) < 4.78 is 1.45. The van der Waals surface area contributed by atoms with E-state index in [1.165, 1.54) is 4.57 Å². The highest BCUT2D eigenvalue weighted by Gasteiger charge is 2.26. The van der Waals surface area contributed by atoms with E-state index in [0.717, 1.165) is 16.3 Å². The number of piperazine rings is 1. The Bertz CT molecular complexity index is 1190. The van der Waals surface area contributed by atoms with Crippen molar-refractivity contribution in [1.29, 1.82) is 0 Å². The summed E-state index contributed by atoms with van der Waals surface area (Å²) in [5.41, 5.74) is 3.60. The van der Waals surface area contributed by atoms with Gasteiger partial charge in [-0.3, -0.25) is 14.2 Å². The predicted molar refractivity (Wildman–Crippen MR) is 117 cm³/mol. The lowest BCUT2D eigenvalue weighted by Gasteiger charge is -2.36. The molecule has 8 nitrogen and oxygen atoms in total. The number of carbonyl (C=O) groups excluding carboxylic acids is 2. The van der Waals surface area contributed by atoms with Gasteiger partial charge in [0.15, 0.2) is 0 Å². The van der Waals surface area contributed by atoms with Gasteiger partial charge in [0.2, 0.25) is 0 Å². The molecule has 1 fully saturated rings. The Morgan fingerprint density at radius 3 is 2.50 bits per heavy atom. The highest BCUT2D eigenvalue weighted by Crippen LogP contribution is 2.23. The van der Waals surface area contributed by atoms with Crippen LogP contribution in [0.4, 0.5) is 11.4 Å². The van der Waals surface area contributed by atoms with Gasteiger partial charge >= 0.3 is 17.5 Å². The van der Waals surface area contributed by atoms with E-state index in [4.69, 9.17) is 11.6 Å². The van der Waals surface area contributed by atoms with Crippen LogP contribution in [0.5, 0.6) is 0 Å². The lowest BCUT2D eigenvalue weighted by Crippen LogP contribution is -2.51. The van der Waals surface area contributed by atoms with Gasteiger partial charge in [0, 0.05) is 49.6 Å². The minimum Gasteiger partial charge on any atom is -0.368 e. The Balaban J connectivity index is 1.39. The fourth-order valence-corrected chi connectivity index (χ4v) is 3.74. The SMILES string of the molecule is Cc1cc(N2CCN(C(=O)C(=O)Nc3ccc4[nH]c(=O)n(C)c4c3)CC2)ccc1Cl. The topological polar surface area (TPSA) is 90.4 Å². The fraction of sp³-hybridized carbons (Fsp3) is 0.286. The van der Waals surface area contributed by atoms with Crippen molar-refractivity contribution >= 4 is 45.8 Å². The fourth-order valence-electron chi connectivity index (χ4n) is 3.62. The molecule has 1 aliphatic rings. The molecule has 9 heteroatoms. The Labute approximate surface area is 178 Å². The van der Waals surface area contributed by atoms with Crippen molar-refractivity contribution in [1.82, 2.24) is 14.5 Å². The summed E-state index contributed by atoms with van der Waals surface area (Å²) >= 11 is 6.09. The van der Waals surface area contributed by atoms with Crippen LogP contribution in [-0.4, -0.2) is 52.4 Å². The summed E-state index contributed by atoms with van der Waals surface area (Å²) in [6.07, 6.45) is 0. The maximum absolute atomic E-state index is 12.6. The van der Waals surface area contributed by atoms with Crippen molar-refractivity contribution in [3.05, 3.63) is 57.5 Å². The molecule has 0 aliphatic carbocycles. The van der Waals surface area contributed by atoms with Gasteiger partial charge in [-0.05, 0) is 48.9 Å². The van der Waals surface area contributed by atoms with Gasteiger partial charge in [0.25, 0.3) is 0 Å². The molecule has 1 aliphatic heterocycles. The molecular formula is C21H22ClN5O3. The molecule has 3 aromatic rings. The van der Waals surface area contributed by atoms with Gasteiger partial charge in [0.1, 0.15) is 0 Å². The molecule has 0 bridgehead atoms. The molecule has 4 rings (SSSR count). The van der Waals surface area contributed by atoms with E-state index in [-0.39, 0.29) is 5.69 Å². The number of carbonyl (C=O) groups is 2. The van der Waals surface area contributed by atoms with Crippen molar-refractivity contribution in [3.8, 4) is 0 Å². The van der Waals surface area contributed by atoms with E-state index >= 15 is 0 Å². The summed E-state index contributed by atoms with van der Waals surface area (Å²) in [6, 6.07) is 10.9. The molecule has 0 radical (unpaired) electrons. The van der Waals surface area contributed by atoms with Gasteiger partial charge in [-0.15, -0.1) is 0 Å². The number of hydrogen-bond donors (Lipinski definition) is 2. The standard InChI is InChI=1S/C21H22ClN5O3/c1-13-11-15(4-5-16(13)22)26-7-9-27(10-8-26)20(29)19(28)23-14-3-6-17-18(12-14)25(2)21(30)24-17/h3-6,11-12H,7-10H2,1-2H3,(H,23,28)(H,24,30). The Morgan fingerprint density at radius 2 is 1.80 bits per heavy atom. The number of benzene rings is 2. The first kappa shape index (κ1) is 20.0. The molecule has 2 aromatic carbocycles. The Hall–Kier alpha value is -3.26. The predicted octanol–water partition coefficient (Wildman–Crippen LogP) is 2.12. The minimum absolute atomic E-state index is 0.238. The molecule has 1 aromatic heterocycles. The number of hydrogen-bond acceptors (Lipinski definition) is 4. The van der Waals surface area contributed by atoms with Crippen LogP contribution in [-0.2, 0) is 16.6 Å². The van der Waals surface area contributed by atoms with Crippen molar-refractivity contribution in [2.45, 2.75) is 6.92 Å². The number of aryl methyl sites for hydroxylation is 2. The van der Waals surface area contributed by atoms with E-state index in [1.807, 2.05) is 25.1 Å². The second-order valence-corrected chi connectivity index (χ2v) is 7.80. The largest absolute Gasteiger partial charge is 0.368 e. The van der Waals surface area contributed by atoms with Crippen molar-refractivity contribution in [2.24, 2.45) is 7.05 Å². The lowest BCUT2D eigenvalue weighted by molar-refractivity contribution is -0.143. The zero-order chi connectivity index (χ0) is 21.4. The number of aromatic amines is 1. The number of halogens is 1. The van der Waals surface area contributed by atoms with Crippen molar-refractivity contribution in [2.75, 3.05) is 36.4 Å². The Kier molecular flexibility index (Phi) is 5.26. The number of nitrogens with one attached hydrogen (secondary N) is 2. The maximum atomic E-state index is 12.6. The minimum atomic E-state index is -0.689. The number of aromatic nitrogens is 2. The number of amides is 2. The third kappa shape index (κ3) is 3.78. The molecule has 2 amide bonds. The van der Waals surface area contributed by atoms with Gasteiger partial charge in [-0.25, -0.2) is 4.79 Å². The zero-order valence-electron chi connectivity index (χ0n) is 16.7. The first-order valence-electron chi connectivity index (χ1n) is 9.63. The van der Waals surface area contributed by atoms with Crippen LogP contribution in [0.1, 0.15) is 5.56 Å². The molecule has 0 saturated carbocycles. The quantitative estimate of drug-likeness (QED) is 0.613. The van der Waals surface area contributed by atoms with E-state index in [2.05, 4.69) is 15.2 Å². The highest BCUT2D eigenvalue weighted by molar-refractivity contribution is 6.39. The van der Waals surface area contributed by atoms with E-state index < -0.39 is 11.8 Å². The summed E-state index contributed by atoms with van der Waals surface area (Å²) in [7, 11) is 1.64. The third-order valence-electron chi connectivity index (χ3n) is 5.43. The molecule has 2 heterocycles. The van der Waals surface area contributed by atoms with Crippen LogP contribution in [0, 0.1) is 6.92 Å². The highest BCUT2D eigenvalue weighted by atomic mass is 35.5. The maximum Gasteiger partial charge on any atom is 0.326 e. The van der Waals surface area contributed by atoms with Crippen LogP contribution < -0.4 is 15.9 Å². The monoisotopic (exact) mass is 427 g/mol. The van der Waals surface area contributed by atoms with Gasteiger partial charge in [-0.1, -0.05) is 11.6 Å². The molecule has 0 atom stereocenters. The number of rotatable bonds is 2. The van der Waals surface area contributed by atoms with Crippen LogP contribution in [0.3, 0.4) is 0 Å². The van der Waals surface area contributed by atoms with Gasteiger partial charge in [0.05, 0.1) is 11.0 Å². The number of fused-ring (bicyclic) bond motifs is 1. The average molecular weight is 428 g/mol. The molecular weight excluding hydrogens is 406 g/mol. The van der Waals surface area contributed by atoms with Gasteiger partial charge in [-0.2, -0.15) is 0 Å². The molecule has 0 unspecified atom stereocenters. The van der Waals surface area contributed by atoms with Gasteiger partial charge < -0.3 is 20.1 Å². The van der Waals surface area contributed by atoms with Crippen LogP contribution in [0.25, 0.3) is 11.0 Å². The normalized spacial score (nSPS) is 14.2. The molecule has 1 saturated heterocycles. The number of nitrogens with zero attached hydrogens (tertiary/aromatic N) is 3. The summed E-state index contributed by atoms with van der Waals surface area (Å²) in [6.45, 7) is 4.15. The number of imidazole rings is 1. The average Bonchev–Trinajstić information content (AvgIpc) is 3.03. The van der Waals surface area contributed by atoms with Crippen LogP contribution in [0.15, 0.2) is 41.2 Å². The van der Waals surface area contributed by atoms with E-state index in [9.17, 15) is 14.4 Å². The van der Waals surface area contributed by atoms with Crippen LogP contribution in [0.2, 0.25) is 5.02 Å².